The van der Waals surface area contributed by atoms with Crippen LogP contribution in [0.3, 0.4) is 0 Å². The van der Waals surface area contributed by atoms with Crippen molar-refractivity contribution in [1.82, 2.24) is 19.7 Å². The largest absolute Gasteiger partial charge is 0.508 e. The predicted molar refractivity (Wildman–Crippen MR) is 114 cm³/mol. The molecular weight excluding hydrogens is 402 g/mol. The van der Waals surface area contributed by atoms with Crippen LogP contribution in [-0.4, -0.2) is 49.7 Å². The van der Waals surface area contributed by atoms with Gasteiger partial charge in [-0.2, -0.15) is 5.10 Å². The average Bonchev–Trinajstić information content (AvgIpc) is 3.35. The number of amides is 2. The first-order valence-electron chi connectivity index (χ1n) is 9.76. The minimum Gasteiger partial charge on any atom is -0.508 e. The smallest absolute Gasteiger partial charge is 0.265 e. The summed E-state index contributed by atoms with van der Waals surface area (Å²) in [6, 6.07) is 6.40. The molecule has 3 aromatic rings. The number of aromatic nitrogens is 3. The molecule has 0 radical (unpaired) electrons. The number of carbonyl (C=O) groups is 2. The number of nitrogens with zero attached hydrogens (tertiary/aromatic N) is 4. The van der Waals surface area contributed by atoms with Crippen molar-refractivity contribution in [2.45, 2.75) is 19.8 Å². The molecule has 0 spiro atoms. The molecule has 2 amide bonds. The molecule has 2 N–H and O–H groups in total. The van der Waals surface area contributed by atoms with E-state index in [-0.39, 0.29) is 23.5 Å². The molecule has 0 unspecified atom stereocenters. The van der Waals surface area contributed by atoms with E-state index < -0.39 is 0 Å². The lowest BCUT2D eigenvalue weighted by atomic mass is 9.95. The second-order valence-corrected chi connectivity index (χ2v) is 8.44. The van der Waals surface area contributed by atoms with Crippen LogP contribution in [0, 0.1) is 12.8 Å². The van der Waals surface area contributed by atoms with Gasteiger partial charge in [-0.3, -0.25) is 14.3 Å². The van der Waals surface area contributed by atoms with Gasteiger partial charge in [-0.25, -0.2) is 4.98 Å². The van der Waals surface area contributed by atoms with Crippen molar-refractivity contribution >= 4 is 28.8 Å². The number of benzene rings is 1. The van der Waals surface area contributed by atoms with Gasteiger partial charge in [0.2, 0.25) is 5.91 Å². The number of aryl methyl sites for hydroxylation is 2. The van der Waals surface area contributed by atoms with E-state index >= 15 is 0 Å². The summed E-state index contributed by atoms with van der Waals surface area (Å²) in [6.07, 6.45) is 4.85. The standard InChI is InChI=1S/C21H23N5O3S/c1-13-18(30-20(23-13)15-11-22-25(2)12-15)21(29)26-9-7-14(8-10-26)19(28)24-16-3-5-17(27)6-4-16/h3-6,11-12,14,27H,7-10H2,1-2H3,(H,24,28). The van der Waals surface area contributed by atoms with Gasteiger partial charge in [-0.1, -0.05) is 0 Å². The number of thiazole rings is 1. The van der Waals surface area contributed by atoms with Gasteiger partial charge in [0, 0.05) is 43.5 Å². The fourth-order valence-electron chi connectivity index (χ4n) is 3.53. The lowest BCUT2D eigenvalue weighted by Gasteiger charge is -2.31. The van der Waals surface area contributed by atoms with Crippen LogP contribution in [0.1, 0.15) is 28.2 Å². The Balaban J connectivity index is 1.37. The van der Waals surface area contributed by atoms with Crippen LogP contribution >= 0.6 is 11.3 Å². The predicted octanol–water partition coefficient (Wildman–Crippen LogP) is 3.05. The number of anilines is 1. The Kier molecular flexibility index (Phi) is 5.54. The van der Waals surface area contributed by atoms with Crippen molar-refractivity contribution in [3.63, 3.8) is 0 Å². The van der Waals surface area contributed by atoms with E-state index in [0.717, 1.165) is 16.3 Å². The monoisotopic (exact) mass is 425 g/mol. The van der Waals surface area contributed by atoms with Crippen LogP contribution in [0.4, 0.5) is 5.69 Å². The number of hydrogen-bond acceptors (Lipinski definition) is 6. The van der Waals surface area contributed by atoms with Gasteiger partial charge in [0.15, 0.2) is 0 Å². The summed E-state index contributed by atoms with van der Waals surface area (Å²) in [6.45, 7) is 2.92. The molecule has 0 aliphatic carbocycles. The van der Waals surface area contributed by atoms with Crippen molar-refractivity contribution in [3.8, 4) is 16.3 Å². The Labute approximate surface area is 178 Å². The number of carbonyl (C=O) groups excluding carboxylic acids is 2. The highest BCUT2D eigenvalue weighted by Gasteiger charge is 2.29. The van der Waals surface area contributed by atoms with Crippen LogP contribution in [-0.2, 0) is 11.8 Å². The summed E-state index contributed by atoms with van der Waals surface area (Å²) >= 11 is 1.38. The van der Waals surface area contributed by atoms with E-state index in [1.807, 2.05) is 20.2 Å². The average molecular weight is 426 g/mol. The molecule has 1 saturated heterocycles. The third-order valence-corrected chi connectivity index (χ3v) is 6.42. The lowest BCUT2D eigenvalue weighted by molar-refractivity contribution is -0.121. The minimum absolute atomic E-state index is 0.0301. The number of likely N-dealkylation sites (tertiary alicyclic amines) is 1. The first-order chi connectivity index (χ1) is 14.4. The van der Waals surface area contributed by atoms with Gasteiger partial charge in [0.05, 0.1) is 11.9 Å². The van der Waals surface area contributed by atoms with Gasteiger partial charge in [0.1, 0.15) is 15.6 Å². The fraction of sp³-hybridized carbons (Fsp3) is 0.333. The Morgan fingerprint density at radius 3 is 2.53 bits per heavy atom. The zero-order chi connectivity index (χ0) is 21.3. The third kappa shape index (κ3) is 4.20. The quantitative estimate of drug-likeness (QED) is 0.626. The fourth-order valence-corrected chi connectivity index (χ4v) is 4.54. The lowest BCUT2D eigenvalue weighted by Crippen LogP contribution is -2.41. The van der Waals surface area contributed by atoms with Gasteiger partial charge < -0.3 is 15.3 Å². The zero-order valence-corrected chi connectivity index (χ0v) is 17.6. The molecule has 0 bridgehead atoms. The molecule has 9 heteroatoms. The molecule has 1 aliphatic rings. The van der Waals surface area contributed by atoms with Crippen LogP contribution in [0.15, 0.2) is 36.7 Å². The summed E-state index contributed by atoms with van der Waals surface area (Å²) in [4.78, 5) is 32.5. The molecule has 4 rings (SSSR count). The number of nitrogens with one attached hydrogen (secondary N) is 1. The third-order valence-electron chi connectivity index (χ3n) is 5.23. The van der Waals surface area contributed by atoms with Crippen molar-refractivity contribution < 1.29 is 14.7 Å². The molecule has 8 nitrogen and oxygen atoms in total. The summed E-state index contributed by atoms with van der Waals surface area (Å²) in [5, 5.41) is 17.2. The normalized spacial score (nSPS) is 14.7. The van der Waals surface area contributed by atoms with Crippen molar-refractivity contribution in [2.75, 3.05) is 18.4 Å². The molecular formula is C21H23N5O3S. The summed E-state index contributed by atoms with van der Waals surface area (Å²) in [5.74, 6) is -0.0700. The molecule has 1 aliphatic heterocycles. The molecule has 2 aromatic heterocycles. The number of phenolic OH excluding ortho intramolecular Hbond substituents is 1. The molecule has 30 heavy (non-hydrogen) atoms. The van der Waals surface area contributed by atoms with E-state index in [9.17, 15) is 14.7 Å². The van der Waals surface area contributed by atoms with Crippen LogP contribution < -0.4 is 5.32 Å². The van der Waals surface area contributed by atoms with Gasteiger partial charge >= 0.3 is 0 Å². The minimum atomic E-state index is -0.142. The molecule has 1 aromatic carbocycles. The number of aromatic hydroxyl groups is 1. The first-order valence-corrected chi connectivity index (χ1v) is 10.6. The molecule has 156 valence electrons. The highest BCUT2D eigenvalue weighted by atomic mass is 32.1. The van der Waals surface area contributed by atoms with Crippen LogP contribution in [0.2, 0.25) is 0 Å². The van der Waals surface area contributed by atoms with E-state index in [1.165, 1.54) is 23.5 Å². The highest BCUT2D eigenvalue weighted by Crippen LogP contribution is 2.30. The second kappa shape index (κ2) is 8.27. The van der Waals surface area contributed by atoms with Gasteiger partial charge in [-0.15, -0.1) is 11.3 Å². The Morgan fingerprint density at radius 2 is 1.90 bits per heavy atom. The van der Waals surface area contributed by atoms with E-state index in [1.54, 1.807) is 27.9 Å². The molecule has 0 saturated carbocycles. The maximum Gasteiger partial charge on any atom is 0.265 e. The zero-order valence-electron chi connectivity index (χ0n) is 16.8. The molecule has 1 fully saturated rings. The second-order valence-electron chi connectivity index (χ2n) is 7.44. The highest BCUT2D eigenvalue weighted by molar-refractivity contribution is 7.17. The van der Waals surface area contributed by atoms with E-state index in [0.29, 0.717) is 36.5 Å². The number of rotatable bonds is 4. The van der Waals surface area contributed by atoms with E-state index in [2.05, 4.69) is 15.4 Å². The van der Waals surface area contributed by atoms with Gasteiger partial charge in [-0.05, 0) is 44.0 Å². The van der Waals surface area contributed by atoms with Crippen molar-refractivity contribution in [1.29, 1.82) is 0 Å². The Morgan fingerprint density at radius 1 is 1.20 bits per heavy atom. The molecule has 3 heterocycles. The van der Waals surface area contributed by atoms with Crippen molar-refractivity contribution in [2.24, 2.45) is 13.0 Å². The molecule has 0 atom stereocenters. The number of phenols is 1. The SMILES string of the molecule is Cc1nc(-c2cnn(C)c2)sc1C(=O)N1CCC(C(=O)Nc2ccc(O)cc2)CC1. The summed E-state index contributed by atoms with van der Waals surface area (Å²) < 4.78 is 1.71. The first kappa shape index (κ1) is 20.1. The number of hydrogen-bond donors (Lipinski definition) is 2. The van der Waals surface area contributed by atoms with Gasteiger partial charge in [0.25, 0.3) is 5.91 Å². The van der Waals surface area contributed by atoms with E-state index in [4.69, 9.17) is 0 Å². The summed E-state index contributed by atoms with van der Waals surface area (Å²) in [5.41, 5.74) is 2.27. The Bertz CT molecular complexity index is 1060. The summed E-state index contributed by atoms with van der Waals surface area (Å²) in [7, 11) is 1.85. The maximum atomic E-state index is 13.0. The van der Waals surface area contributed by atoms with Crippen LogP contribution in [0.5, 0.6) is 5.75 Å². The maximum absolute atomic E-state index is 13.0. The topological polar surface area (TPSA) is 100 Å². The number of piperidine rings is 1. The van der Waals surface area contributed by atoms with Crippen LogP contribution in [0.25, 0.3) is 10.6 Å². The van der Waals surface area contributed by atoms with Crippen molar-refractivity contribution in [3.05, 3.63) is 47.2 Å². The Hall–Kier alpha value is -3.20.